The summed E-state index contributed by atoms with van der Waals surface area (Å²) in [4.78, 5) is 3.99. The average Bonchev–Trinajstić information content (AvgIpc) is 2.65. The Bertz CT molecular complexity index is 363. The molecule has 0 aromatic heterocycles. The molecule has 1 aliphatic rings. The Kier molecular flexibility index (Phi) is 2.26. The van der Waals surface area contributed by atoms with E-state index in [1.165, 1.54) is 0 Å². The van der Waals surface area contributed by atoms with Crippen LogP contribution < -0.4 is 10.5 Å². The molecule has 0 saturated heterocycles. The van der Waals surface area contributed by atoms with Crippen molar-refractivity contribution in [2.45, 2.75) is 6.10 Å². The first kappa shape index (κ1) is 8.87. The molecule has 1 aromatic rings. The van der Waals surface area contributed by atoms with Crippen molar-refractivity contribution in [3.63, 3.8) is 0 Å². The molecule has 1 aliphatic heterocycles. The summed E-state index contributed by atoms with van der Waals surface area (Å²) in [7, 11) is 1.64. The van der Waals surface area contributed by atoms with Gasteiger partial charge in [0.05, 0.1) is 13.7 Å². The van der Waals surface area contributed by atoms with Gasteiger partial charge in [-0.25, -0.2) is 4.99 Å². The Balaban J connectivity index is 2.24. The third-order valence-corrected chi connectivity index (χ3v) is 2.16. The predicted octanol–water partition coefficient (Wildman–Crippen LogP) is 1.08. The van der Waals surface area contributed by atoms with Crippen molar-refractivity contribution in [2.75, 3.05) is 13.7 Å². The third-order valence-electron chi connectivity index (χ3n) is 2.16. The number of aliphatic imine (C=N–C) groups is 1. The summed E-state index contributed by atoms with van der Waals surface area (Å²) < 4.78 is 10.6. The topological polar surface area (TPSA) is 56.8 Å². The van der Waals surface area contributed by atoms with E-state index < -0.39 is 0 Å². The van der Waals surface area contributed by atoms with Crippen molar-refractivity contribution < 1.29 is 9.47 Å². The maximum absolute atomic E-state index is 5.44. The number of hydrogen-bond donors (Lipinski definition) is 1. The van der Waals surface area contributed by atoms with Gasteiger partial charge in [0.2, 0.25) is 0 Å². The molecule has 1 aromatic carbocycles. The number of rotatable bonds is 2. The van der Waals surface area contributed by atoms with Gasteiger partial charge < -0.3 is 15.2 Å². The summed E-state index contributed by atoms with van der Waals surface area (Å²) in [5.74, 6) is 0.808. The summed E-state index contributed by atoms with van der Waals surface area (Å²) in [6.45, 7) is 0.562. The molecule has 4 nitrogen and oxygen atoms in total. The molecule has 1 atom stereocenters. The highest BCUT2D eigenvalue weighted by Crippen LogP contribution is 2.29. The molecule has 0 fully saturated rings. The number of methoxy groups -OCH3 is 1. The van der Waals surface area contributed by atoms with Gasteiger partial charge in [0.15, 0.2) is 6.10 Å². The molecule has 2 N–H and O–H groups in total. The predicted molar refractivity (Wildman–Crippen MR) is 53.3 cm³/mol. The monoisotopic (exact) mass is 192 g/mol. The third kappa shape index (κ3) is 1.51. The van der Waals surface area contributed by atoms with Crippen LogP contribution in [0.3, 0.4) is 0 Å². The van der Waals surface area contributed by atoms with E-state index in [-0.39, 0.29) is 12.1 Å². The number of ether oxygens (including phenoxy) is 2. The normalized spacial score (nSPS) is 20.1. The zero-order chi connectivity index (χ0) is 9.97. The second kappa shape index (κ2) is 3.57. The Hall–Kier alpha value is -1.71. The fraction of sp³-hybridized carbons (Fsp3) is 0.300. The summed E-state index contributed by atoms with van der Waals surface area (Å²) in [5, 5.41) is 0. The van der Waals surface area contributed by atoms with E-state index in [9.17, 15) is 0 Å². The van der Waals surface area contributed by atoms with Crippen LogP contribution in [0.2, 0.25) is 0 Å². The van der Waals surface area contributed by atoms with E-state index in [1.807, 2.05) is 24.3 Å². The van der Waals surface area contributed by atoms with Gasteiger partial charge in [-0.2, -0.15) is 0 Å². The molecule has 1 heterocycles. The van der Waals surface area contributed by atoms with Crippen LogP contribution in [0, 0.1) is 0 Å². The van der Waals surface area contributed by atoms with E-state index in [2.05, 4.69) is 4.99 Å². The first-order valence-electron chi connectivity index (χ1n) is 4.40. The molecule has 0 spiro atoms. The van der Waals surface area contributed by atoms with E-state index in [0.29, 0.717) is 6.54 Å². The minimum Gasteiger partial charge on any atom is -0.496 e. The number of amidine groups is 1. The molecular weight excluding hydrogens is 180 g/mol. The number of nitrogens with two attached hydrogens (primary N) is 1. The largest absolute Gasteiger partial charge is 0.496 e. The quantitative estimate of drug-likeness (QED) is 0.762. The van der Waals surface area contributed by atoms with Crippen LogP contribution in [0.15, 0.2) is 29.3 Å². The highest BCUT2D eigenvalue weighted by Gasteiger charge is 2.22. The molecule has 0 saturated carbocycles. The van der Waals surface area contributed by atoms with Crippen LogP contribution in [-0.2, 0) is 4.74 Å². The standard InChI is InChI=1S/C10H12N2O2/c1-13-8-5-3-2-4-7(8)9-6-12-10(11)14-9/h2-5,9H,6H2,1H3,(H2,11,12). The summed E-state index contributed by atoms with van der Waals surface area (Å²) >= 11 is 0. The minimum atomic E-state index is -0.105. The van der Waals surface area contributed by atoms with E-state index in [4.69, 9.17) is 15.2 Å². The highest BCUT2D eigenvalue weighted by molar-refractivity contribution is 5.73. The lowest BCUT2D eigenvalue weighted by Gasteiger charge is -2.13. The molecule has 4 heteroatoms. The molecule has 0 bridgehead atoms. The fourth-order valence-corrected chi connectivity index (χ4v) is 1.49. The van der Waals surface area contributed by atoms with Crippen LogP contribution in [0.1, 0.15) is 11.7 Å². The lowest BCUT2D eigenvalue weighted by Crippen LogP contribution is -2.13. The van der Waals surface area contributed by atoms with Crippen LogP contribution >= 0.6 is 0 Å². The lowest BCUT2D eigenvalue weighted by molar-refractivity contribution is 0.220. The highest BCUT2D eigenvalue weighted by atomic mass is 16.5. The number of nitrogens with zero attached hydrogens (tertiary/aromatic N) is 1. The maximum Gasteiger partial charge on any atom is 0.282 e. The summed E-state index contributed by atoms with van der Waals surface area (Å²) in [6.07, 6.45) is -0.105. The first-order valence-corrected chi connectivity index (χ1v) is 4.40. The van der Waals surface area contributed by atoms with Crippen LogP contribution in [0.4, 0.5) is 0 Å². The van der Waals surface area contributed by atoms with Gasteiger partial charge in [-0.3, -0.25) is 0 Å². The Morgan fingerprint density at radius 1 is 1.50 bits per heavy atom. The fourth-order valence-electron chi connectivity index (χ4n) is 1.49. The molecule has 0 radical (unpaired) electrons. The minimum absolute atomic E-state index is 0.105. The number of benzene rings is 1. The van der Waals surface area contributed by atoms with Crippen molar-refractivity contribution in [1.82, 2.24) is 0 Å². The summed E-state index contributed by atoms with van der Waals surface area (Å²) in [6, 6.07) is 7.96. The zero-order valence-corrected chi connectivity index (χ0v) is 7.93. The SMILES string of the molecule is COc1ccccc1C1CN=C(N)O1. The molecule has 74 valence electrons. The molecule has 14 heavy (non-hydrogen) atoms. The van der Waals surface area contributed by atoms with Gasteiger partial charge >= 0.3 is 0 Å². The Morgan fingerprint density at radius 2 is 2.29 bits per heavy atom. The zero-order valence-electron chi connectivity index (χ0n) is 7.93. The molecule has 1 unspecified atom stereocenters. The van der Waals surface area contributed by atoms with Gasteiger partial charge in [-0.15, -0.1) is 0 Å². The van der Waals surface area contributed by atoms with E-state index in [0.717, 1.165) is 11.3 Å². The van der Waals surface area contributed by atoms with Crippen molar-refractivity contribution >= 4 is 6.02 Å². The molecule has 2 rings (SSSR count). The Morgan fingerprint density at radius 3 is 2.93 bits per heavy atom. The van der Waals surface area contributed by atoms with Crippen LogP contribution in [-0.4, -0.2) is 19.7 Å². The van der Waals surface area contributed by atoms with Crippen LogP contribution in [0.5, 0.6) is 5.75 Å². The summed E-state index contributed by atoms with van der Waals surface area (Å²) in [5.41, 5.74) is 6.43. The second-order valence-corrected chi connectivity index (χ2v) is 3.03. The molecular formula is C10H12N2O2. The van der Waals surface area contributed by atoms with Gasteiger partial charge in [0.25, 0.3) is 6.02 Å². The van der Waals surface area contributed by atoms with E-state index in [1.54, 1.807) is 7.11 Å². The van der Waals surface area contributed by atoms with Crippen LogP contribution in [0.25, 0.3) is 0 Å². The second-order valence-electron chi connectivity index (χ2n) is 3.03. The van der Waals surface area contributed by atoms with Crippen molar-refractivity contribution in [3.8, 4) is 5.75 Å². The average molecular weight is 192 g/mol. The maximum atomic E-state index is 5.44. The van der Waals surface area contributed by atoms with E-state index >= 15 is 0 Å². The number of hydrogen-bond acceptors (Lipinski definition) is 4. The van der Waals surface area contributed by atoms with Crippen molar-refractivity contribution in [1.29, 1.82) is 0 Å². The van der Waals surface area contributed by atoms with Crippen molar-refractivity contribution in [2.24, 2.45) is 10.7 Å². The Labute approximate surface area is 82.3 Å². The van der Waals surface area contributed by atoms with Crippen molar-refractivity contribution in [3.05, 3.63) is 29.8 Å². The molecule has 0 aliphatic carbocycles. The van der Waals surface area contributed by atoms with Gasteiger partial charge in [0, 0.05) is 5.56 Å². The lowest BCUT2D eigenvalue weighted by atomic mass is 10.1. The molecule has 0 amide bonds. The van der Waals surface area contributed by atoms with Gasteiger partial charge in [0.1, 0.15) is 5.75 Å². The smallest absolute Gasteiger partial charge is 0.282 e. The number of para-hydroxylation sites is 1. The first-order chi connectivity index (χ1) is 6.81. The van der Waals surface area contributed by atoms with Gasteiger partial charge in [-0.1, -0.05) is 18.2 Å². The van der Waals surface area contributed by atoms with Gasteiger partial charge in [-0.05, 0) is 6.07 Å².